The highest BCUT2D eigenvalue weighted by Crippen LogP contribution is 2.39. The molecule has 1 amide bonds. The molecule has 0 aromatic heterocycles. The third-order valence-electron chi connectivity index (χ3n) is 4.33. The number of amides is 1. The van der Waals surface area contributed by atoms with Gasteiger partial charge in [-0.25, -0.2) is 0 Å². The molecule has 0 aromatic rings. The summed E-state index contributed by atoms with van der Waals surface area (Å²) in [5, 5.41) is 12.3. The van der Waals surface area contributed by atoms with Crippen molar-refractivity contribution in [3.8, 4) is 0 Å². The molecule has 2 fully saturated rings. The third kappa shape index (κ3) is 3.47. The molecule has 2 saturated carbocycles. The summed E-state index contributed by atoms with van der Waals surface area (Å²) in [7, 11) is 0. The standard InChI is InChI=1S/C14H23NO3/c16-12(15-9-6-11-4-5-11)10-14(13(17)18)7-2-1-3-8-14/h11H,1-10H2,(H,15,16)(H,17,18). The highest BCUT2D eigenvalue weighted by molar-refractivity contribution is 5.85. The van der Waals surface area contributed by atoms with Gasteiger partial charge in [0.15, 0.2) is 0 Å². The number of rotatable bonds is 6. The van der Waals surface area contributed by atoms with Crippen molar-refractivity contribution in [1.82, 2.24) is 5.32 Å². The smallest absolute Gasteiger partial charge is 0.310 e. The van der Waals surface area contributed by atoms with E-state index >= 15 is 0 Å². The maximum absolute atomic E-state index is 11.8. The lowest BCUT2D eigenvalue weighted by Crippen LogP contribution is -2.39. The predicted octanol–water partition coefficient (Wildman–Crippen LogP) is 2.33. The minimum absolute atomic E-state index is 0.0834. The molecule has 0 atom stereocenters. The number of carboxylic acids is 1. The Morgan fingerprint density at radius 2 is 1.83 bits per heavy atom. The molecule has 102 valence electrons. The molecule has 2 aliphatic rings. The van der Waals surface area contributed by atoms with Crippen LogP contribution >= 0.6 is 0 Å². The molecule has 0 radical (unpaired) electrons. The topological polar surface area (TPSA) is 66.4 Å². The minimum Gasteiger partial charge on any atom is -0.481 e. The van der Waals surface area contributed by atoms with Crippen LogP contribution in [-0.2, 0) is 9.59 Å². The van der Waals surface area contributed by atoms with Crippen molar-refractivity contribution in [2.24, 2.45) is 11.3 Å². The molecule has 18 heavy (non-hydrogen) atoms. The highest BCUT2D eigenvalue weighted by Gasteiger charge is 2.41. The number of carbonyl (C=O) groups excluding carboxylic acids is 1. The Bertz CT molecular complexity index is 317. The van der Waals surface area contributed by atoms with Gasteiger partial charge < -0.3 is 10.4 Å². The Balaban J connectivity index is 1.79. The van der Waals surface area contributed by atoms with Crippen molar-refractivity contribution in [1.29, 1.82) is 0 Å². The quantitative estimate of drug-likeness (QED) is 0.763. The third-order valence-corrected chi connectivity index (χ3v) is 4.33. The zero-order chi connectivity index (χ0) is 13.0. The van der Waals surface area contributed by atoms with Crippen molar-refractivity contribution in [2.45, 2.75) is 57.8 Å². The van der Waals surface area contributed by atoms with Gasteiger partial charge in [-0.2, -0.15) is 0 Å². The molecule has 0 spiro atoms. The molecule has 0 unspecified atom stereocenters. The summed E-state index contributed by atoms with van der Waals surface area (Å²) in [6, 6.07) is 0. The van der Waals surface area contributed by atoms with Crippen LogP contribution in [0, 0.1) is 11.3 Å². The zero-order valence-electron chi connectivity index (χ0n) is 10.9. The second-order valence-corrected chi connectivity index (χ2v) is 5.90. The van der Waals surface area contributed by atoms with Crippen LogP contribution in [0.25, 0.3) is 0 Å². The van der Waals surface area contributed by atoms with Crippen LogP contribution < -0.4 is 5.32 Å². The summed E-state index contributed by atoms with van der Waals surface area (Å²) in [5.41, 5.74) is -0.790. The van der Waals surface area contributed by atoms with Crippen molar-refractivity contribution < 1.29 is 14.7 Å². The molecule has 2 aliphatic carbocycles. The Kier molecular flexibility index (Phi) is 4.25. The maximum atomic E-state index is 11.8. The van der Waals surface area contributed by atoms with Gasteiger partial charge in [0.2, 0.25) is 5.91 Å². The molecule has 2 N–H and O–H groups in total. The largest absolute Gasteiger partial charge is 0.481 e. The molecule has 0 aromatic carbocycles. The second kappa shape index (κ2) is 5.72. The van der Waals surface area contributed by atoms with Crippen LogP contribution in [0.15, 0.2) is 0 Å². The summed E-state index contributed by atoms with van der Waals surface area (Å²) in [5.74, 6) is -0.0760. The number of carbonyl (C=O) groups is 2. The first-order valence-electron chi connectivity index (χ1n) is 7.12. The van der Waals surface area contributed by atoms with Crippen molar-refractivity contribution in [2.75, 3.05) is 6.54 Å². The zero-order valence-corrected chi connectivity index (χ0v) is 10.9. The van der Waals surface area contributed by atoms with Gasteiger partial charge in [-0.05, 0) is 25.2 Å². The van der Waals surface area contributed by atoms with E-state index < -0.39 is 11.4 Å². The molecule has 0 saturated heterocycles. The van der Waals surface area contributed by atoms with Crippen LogP contribution in [0.4, 0.5) is 0 Å². The van der Waals surface area contributed by atoms with E-state index in [-0.39, 0.29) is 12.3 Å². The maximum Gasteiger partial charge on any atom is 0.310 e. The lowest BCUT2D eigenvalue weighted by molar-refractivity contribution is -0.154. The van der Waals surface area contributed by atoms with E-state index in [0.29, 0.717) is 19.4 Å². The van der Waals surface area contributed by atoms with E-state index in [1.54, 1.807) is 0 Å². The van der Waals surface area contributed by atoms with Gasteiger partial charge in [0.25, 0.3) is 0 Å². The first kappa shape index (κ1) is 13.4. The molecular formula is C14H23NO3. The van der Waals surface area contributed by atoms with Crippen LogP contribution in [0.1, 0.15) is 57.8 Å². The predicted molar refractivity (Wildman–Crippen MR) is 68.1 cm³/mol. The number of hydrogen-bond acceptors (Lipinski definition) is 2. The van der Waals surface area contributed by atoms with Crippen molar-refractivity contribution >= 4 is 11.9 Å². The second-order valence-electron chi connectivity index (χ2n) is 5.90. The van der Waals surface area contributed by atoms with E-state index in [1.165, 1.54) is 12.8 Å². The Morgan fingerprint density at radius 1 is 1.17 bits per heavy atom. The fourth-order valence-corrected chi connectivity index (χ4v) is 2.89. The van der Waals surface area contributed by atoms with Gasteiger partial charge in [-0.3, -0.25) is 9.59 Å². The molecular weight excluding hydrogens is 230 g/mol. The summed E-state index contributed by atoms with van der Waals surface area (Å²) in [6.45, 7) is 0.708. The molecule has 4 heteroatoms. The van der Waals surface area contributed by atoms with E-state index in [4.69, 9.17) is 0 Å². The van der Waals surface area contributed by atoms with Gasteiger partial charge >= 0.3 is 5.97 Å². The lowest BCUT2D eigenvalue weighted by Gasteiger charge is -2.32. The average Bonchev–Trinajstić information content (AvgIpc) is 3.14. The number of aliphatic carboxylic acids is 1. The van der Waals surface area contributed by atoms with Gasteiger partial charge in [-0.15, -0.1) is 0 Å². The van der Waals surface area contributed by atoms with Gasteiger partial charge in [0.05, 0.1) is 5.41 Å². The summed E-state index contributed by atoms with van der Waals surface area (Å²) in [6.07, 6.45) is 8.04. The molecule has 2 rings (SSSR count). The monoisotopic (exact) mass is 253 g/mol. The highest BCUT2D eigenvalue weighted by atomic mass is 16.4. The number of carboxylic acid groups (broad SMARTS) is 1. The van der Waals surface area contributed by atoms with Crippen LogP contribution in [0.2, 0.25) is 0 Å². The van der Waals surface area contributed by atoms with Gasteiger partial charge in [0, 0.05) is 13.0 Å². The molecule has 0 aliphatic heterocycles. The number of hydrogen-bond donors (Lipinski definition) is 2. The fourth-order valence-electron chi connectivity index (χ4n) is 2.89. The van der Waals surface area contributed by atoms with E-state index in [2.05, 4.69) is 5.32 Å². The van der Waals surface area contributed by atoms with Crippen LogP contribution in [0.3, 0.4) is 0 Å². The van der Waals surface area contributed by atoms with Crippen molar-refractivity contribution in [3.63, 3.8) is 0 Å². The fraction of sp³-hybridized carbons (Fsp3) is 0.857. The van der Waals surface area contributed by atoms with Crippen LogP contribution in [0.5, 0.6) is 0 Å². The molecule has 0 heterocycles. The lowest BCUT2D eigenvalue weighted by atomic mass is 9.71. The van der Waals surface area contributed by atoms with Crippen molar-refractivity contribution in [3.05, 3.63) is 0 Å². The van der Waals surface area contributed by atoms with E-state index in [0.717, 1.165) is 31.6 Å². The Morgan fingerprint density at radius 3 is 2.39 bits per heavy atom. The van der Waals surface area contributed by atoms with E-state index in [1.807, 2.05) is 0 Å². The van der Waals surface area contributed by atoms with Gasteiger partial charge in [0.1, 0.15) is 0 Å². The molecule has 4 nitrogen and oxygen atoms in total. The summed E-state index contributed by atoms with van der Waals surface area (Å²) in [4.78, 5) is 23.3. The normalized spacial score (nSPS) is 22.4. The Hall–Kier alpha value is -1.06. The number of nitrogens with one attached hydrogen (secondary N) is 1. The average molecular weight is 253 g/mol. The van der Waals surface area contributed by atoms with E-state index in [9.17, 15) is 14.7 Å². The van der Waals surface area contributed by atoms with Crippen LogP contribution in [-0.4, -0.2) is 23.5 Å². The summed E-state index contributed by atoms with van der Waals surface area (Å²) >= 11 is 0. The summed E-state index contributed by atoms with van der Waals surface area (Å²) < 4.78 is 0. The Labute approximate surface area is 108 Å². The first-order chi connectivity index (χ1) is 8.62. The first-order valence-corrected chi connectivity index (χ1v) is 7.12. The molecule has 0 bridgehead atoms. The SMILES string of the molecule is O=C(CC1(C(=O)O)CCCCC1)NCCC1CC1. The minimum atomic E-state index is -0.792. The van der Waals surface area contributed by atoms with Gasteiger partial charge in [-0.1, -0.05) is 32.1 Å².